The Kier molecular flexibility index (Phi) is 2.95. The van der Waals surface area contributed by atoms with Crippen LogP contribution in [0.15, 0.2) is 54.6 Å². The van der Waals surface area contributed by atoms with E-state index in [4.69, 9.17) is 0 Å². The molecule has 0 fully saturated rings. The molecule has 0 N–H and O–H groups in total. The molecule has 0 atom stereocenters. The van der Waals surface area contributed by atoms with Gasteiger partial charge in [-0.15, -0.1) is 0 Å². The van der Waals surface area contributed by atoms with Crippen LogP contribution >= 0.6 is 0 Å². The van der Waals surface area contributed by atoms with Crippen molar-refractivity contribution in [3.05, 3.63) is 65.7 Å². The first kappa shape index (κ1) is 12.4. The van der Waals surface area contributed by atoms with E-state index in [2.05, 4.69) is 4.98 Å². The molecule has 0 saturated heterocycles. The van der Waals surface area contributed by atoms with Crippen LogP contribution in [-0.2, 0) is 0 Å². The second kappa shape index (κ2) is 4.78. The molecular weight excluding hydrogens is 250 g/mol. The molecule has 3 aromatic rings. The van der Waals surface area contributed by atoms with Gasteiger partial charge < -0.3 is 9.90 Å². The van der Waals surface area contributed by atoms with Gasteiger partial charge >= 0.3 is 0 Å². The highest BCUT2D eigenvalue weighted by molar-refractivity contribution is 6.02. The normalized spacial score (nSPS) is 10.7. The molecule has 0 aliphatic heterocycles. The van der Waals surface area contributed by atoms with Gasteiger partial charge in [0.05, 0.1) is 17.2 Å². The molecule has 0 saturated carbocycles. The highest BCUT2D eigenvalue weighted by Gasteiger charge is 2.09. The Morgan fingerprint density at radius 3 is 2.50 bits per heavy atom. The number of aromatic nitrogens is 1. The first-order chi connectivity index (χ1) is 9.66. The van der Waals surface area contributed by atoms with Crippen molar-refractivity contribution < 1.29 is 9.90 Å². The van der Waals surface area contributed by atoms with Gasteiger partial charge in [-0.25, -0.2) is 4.98 Å². The molecule has 0 bridgehead atoms. The van der Waals surface area contributed by atoms with Gasteiger partial charge in [0.25, 0.3) is 0 Å². The quantitative estimate of drug-likeness (QED) is 0.713. The van der Waals surface area contributed by atoms with E-state index in [1.807, 2.05) is 43.3 Å². The van der Waals surface area contributed by atoms with Crippen molar-refractivity contribution in [2.45, 2.75) is 6.92 Å². The highest BCUT2D eigenvalue weighted by Crippen LogP contribution is 2.26. The van der Waals surface area contributed by atoms with Crippen LogP contribution in [0, 0.1) is 6.92 Å². The molecule has 3 heteroatoms. The zero-order valence-electron chi connectivity index (χ0n) is 11.0. The van der Waals surface area contributed by atoms with E-state index in [0.29, 0.717) is 16.6 Å². The number of hydrogen-bond donors (Lipinski definition) is 0. The van der Waals surface area contributed by atoms with E-state index in [1.165, 1.54) is 0 Å². The fraction of sp³-hybridized carbons (Fsp3) is 0.0588. The lowest BCUT2D eigenvalue weighted by Crippen LogP contribution is -2.22. The maximum Gasteiger partial charge on any atom is 0.0722 e. The van der Waals surface area contributed by atoms with Crippen molar-refractivity contribution in [3.63, 3.8) is 0 Å². The van der Waals surface area contributed by atoms with Crippen LogP contribution in [-0.4, -0.2) is 11.0 Å². The van der Waals surface area contributed by atoms with Crippen molar-refractivity contribution >= 4 is 16.9 Å². The number of para-hydroxylation sites is 1. The highest BCUT2D eigenvalue weighted by atomic mass is 16.4. The Bertz CT molecular complexity index is 809. The molecular formula is C17H12NO2-. The van der Waals surface area contributed by atoms with Gasteiger partial charge in [0.2, 0.25) is 0 Å². The van der Waals surface area contributed by atoms with Gasteiger partial charge in [-0.3, -0.25) is 0 Å². The number of pyridine rings is 1. The maximum atomic E-state index is 11.3. The summed E-state index contributed by atoms with van der Waals surface area (Å²) in [6.45, 7) is 1.98. The summed E-state index contributed by atoms with van der Waals surface area (Å²) < 4.78 is 0. The first-order valence-corrected chi connectivity index (χ1v) is 6.34. The molecule has 0 radical (unpaired) electrons. The van der Waals surface area contributed by atoms with Gasteiger partial charge in [-0.05, 0) is 24.6 Å². The first-order valence-electron chi connectivity index (χ1n) is 6.34. The SMILES string of the molecule is Cc1ccccc1-c1cc(C(=O)[O-])c2ccccc2n1. The molecule has 2 aromatic carbocycles. The number of aromatic carboxylic acids is 1. The number of hydrogen-bond acceptors (Lipinski definition) is 3. The summed E-state index contributed by atoms with van der Waals surface area (Å²) in [6, 6.07) is 16.5. The predicted molar refractivity (Wildman–Crippen MR) is 76.2 cm³/mol. The largest absolute Gasteiger partial charge is 0.545 e. The lowest BCUT2D eigenvalue weighted by atomic mass is 10.0. The average molecular weight is 262 g/mol. The molecule has 0 spiro atoms. The van der Waals surface area contributed by atoms with Gasteiger partial charge in [-0.2, -0.15) is 0 Å². The number of nitrogens with zero attached hydrogens (tertiary/aromatic N) is 1. The van der Waals surface area contributed by atoms with E-state index in [1.54, 1.807) is 18.2 Å². The number of rotatable bonds is 2. The molecule has 0 unspecified atom stereocenters. The lowest BCUT2D eigenvalue weighted by Gasteiger charge is -2.11. The van der Waals surface area contributed by atoms with Crippen LogP contribution in [0.1, 0.15) is 15.9 Å². The minimum absolute atomic E-state index is 0.175. The minimum atomic E-state index is -1.18. The van der Waals surface area contributed by atoms with E-state index < -0.39 is 5.97 Å². The van der Waals surface area contributed by atoms with Crippen molar-refractivity contribution in [3.8, 4) is 11.3 Å². The van der Waals surface area contributed by atoms with Crippen molar-refractivity contribution in [1.82, 2.24) is 4.98 Å². The number of carbonyl (C=O) groups is 1. The van der Waals surface area contributed by atoms with Gasteiger partial charge in [-0.1, -0.05) is 42.5 Å². The number of carboxylic acid groups (broad SMARTS) is 1. The summed E-state index contributed by atoms with van der Waals surface area (Å²) in [7, 11) is 0. The minimum Gasteiger partial charge on any atom is -0.545 e. The summed E-state index contributed by atoms with van der Waals surface area (Å²) in [5.41, 5.74) is 3.47. The van der Waals surface area contributed by atoms with E-state index >= 15 is 0 Å². The van der Waals surface area contributed by atoms with Crippen LogP contribution in [0.3, 0.4) is 0 Å². The third-order valence-corrected chi connectivity index (χ3v) is 3.36. The van der Waals surface area contributed by atoms with Crippen molar-refractivity contribution in [1.29, 1.82) is 0 Å². The van der Waals surface area contributed by atoms with Crippen LogP contribution in [0.5, 0.6) is 0 Å². The summed E-state index contributed by atoms with van der Waals surface area (Å²) >= 11 is 0. The van der Waals surface area contributed by atoms with Crippen molar-refractivity contribution in [2.24, 2.45) is 0 Å². The van der Waals surface area contributed by atoms with Gasteiger partial charge in [0, 0.05) is 16.5 Å². The van der Waals surface area contributed by atoms with E-state index in [0.717, 1.165) is 11.1 Å². The molecule has 20 heavy (non-hydrogen) atoms. The molecule has 0 aliphatic carbocycles. The fourth-order valence-electron chi connectivity index (χ4n) is 2.34. The Labute approximate surface area is 116 Å². The Balaban J connectivity index is 2.33. The standard InChI is InChI=1S/C17H13NO2/c1-11-6-2-3-7-12(11)16-10-14(17(19)20)13-8-4-5-9-15(13)18-16/h2-10H,1H3,(H,19,20)/p-1. The monoisotopic (exact) mass is 262 g/mol. The molecule has 0 aliphatic rings. The number of carboxylic acids is 1. The smallest absolute Gasteiger partial charge is 0.0722 e. The molecule has 3 rings (SSSR count). The number of benzene rings is 2. The maximum absolute atomic E-state index is 11.3. The summed E-state index contributed by atoms with van der Waals surface area (Å²) in [4.78, 5) is 15.9. The van der Waals surface area contributed by atoms with Crippen molar-refractivity contribution in [2.75, 3.05) is 0 Å². The van der Waals surface area contributed by atoms with Gasteiger partial charge in [0.1, 0.15) is 0 Å². The van der Waals surface area contributed by atoms with Crippen LogP contribution in [0.2, 0.25) is 0 Å². The Hall–Kier alpha value is -2.68. The topological polar surface area (TPSA) is 53.0 Å². The molecule has 3 nitrogen and oxygen atoms in total. The lowest BCUT2D eigenvalue weighted by molar-refractivity contribution is -0.254. The van der Waals surface area contributed by atoms with Crippen LogP contribution in [0.4, 0.5) is 0 Å². The summed E-state index contributed by atoms with van der Waals surface area (Å²) in [6.07, 6.45) is 0. The predicted octanol–water partition coefficient (Wildman–Crippen LogP) is 2.57. The molecule has 1 aromatic heterocycles. The Morgan fingerprint density at radius 1 is 1.05 bits per heavy atom. The molecule has 1 heterocycles. The number of aryl methyl sites for hydroxylation is 1. The second-order valence-electron chi connectivity index (χ2n) is 4.67. The van der Waals surface area contributed by atoms with Gasteiger partial charge in [0.15, 0.2) is 0 Å². The summed E-state index contributed by atoms with van der Waals surface area (Å²) in [5, 5.41) is 11.9. The zero-order valence-corrected chi connectivity index (χ0v) is 11.0. The van der Waals surface area contributed by atoms with Crippen LogP contribution < -0.4 is 5.11 Å². The second-order valence-corrected chi connectivity index (χ2v) is 4.67. The molecule has 98 valence electrons. The average Bonchev–Trinajstić information content (AvgIpc) is 2.46. The number of fused-ring (bicyclic) bond motifs is 1. The molecule has 0 amide bonds. The Morgan fingerprint density at radius 2 is 1.75 bits per heavy atom. The third kappa shape index (κ3) is 2.03. The van der Waals surface area contributed by atoms with Crippen LogP contribution in [0.25, 0.3) is 22.2 Å². The third-order valence-electron chi connectivity index (χ3n) is 3.36. The number of carbonyl (C=O) groups excluding carboxylic acids is 1. The van der Waals surface area contributed by atoms with E-state index in [-0.39, 0.29) is 5.56 Å². The summed E-state index contributed by atoms with van der Waals surface area (Å²) in [5.74, 6) is -1.18. The van der Waals surface area contributed by atoms with E-state index in [9.17, 15) is 9.90 Å². The zero-order chi connectivity index (χ0) is 14.1. The fourth-order valence-corrected chi connectivity index (χ4v) is 2.34.